The van der Waals surface area contributed by atoms with Crippen molar-refractivity contribution < 1.29 is 0 Å². The molecule has 0 atom stereocenters. The second-order valence-electron chi connectivity index (χ2n) is 7.34. The predicted octanol–water partition coefficient (Wildman–Crippen LogP) is 4.16. The van der Waals surface area contributed by atoms with Crippen LogP contribution in [0.4, 0.5) is 0 Å². The highest BCUT2D eigenvalue weighted by Crippen LogP contribution is 2.42. The average Bonchev–Trinajstić information content (AvgIpc) is 2.55. The second kappa shape index (κ2) is 6.50. The van der Waals surface area contributed by atoms with Crippen LogP contribution in [0.3, 0.4) is 0 Å². The van der Waals surface area contributed by atoms with Crippen molar-refractivity contribution >= 4 is 0 Å². The molecular formula is C19H32N2. The molecule has 0 saturated heterocycles. The molecule has 0 aromatic heterocycles. The zero-order valence-corrected chi connectivity index (χ0v) is 14.2. The van der Waals surface area contributed by atoms with Gasteiger partial charge in [0.25, 0.3) is 0 Å². The molecule has 0 heterocycles. The van der Waals surface area contributed by atoms with Crippen molar-refractivity contribution in [2.75, 3.05) is 13.6 Å². The second-order valence-corrected chi connectivity index (χ2v) is 7.34. The third-order valence-corrected chi connectivity index (χ3v) is 6.05. The van der Waals surface area contributed by atoms with Crippen molar-refractivity contribution in [1.29, 1.82) is 0 Å². The van der Waals surface area contributed by atoms with Crippen LogP contribution in [0.2, 0.25) is 0 Å². The first-order valence-corrected chi connectivity index (χ1v) is 8.44. The smallest absolute Gasteiger partial charge is 0.0334 e. The summed E-state index contributed by atoms with van der Waals surface area (Å²) in [4.78, 5) is 2.57. The molecule has 1 aliphatic carbocycles. The Hall–Kier alpha value is -0.860. The minimum atomic E-state index is 0.185. The van der Waals surface area contributed by atoms with Crippen LogP contribution in [0.5, 0.6) is 0 Å². The van der Waals surface area contributed by atoms with Gasteiger partial charge >= 0.3 is 0 Å². The van der Waals surface area contributed by atoms with Crippen LogP contribution >= 0.6 is 0 Å². The molecule has 2 nitrogen and oxygen atoms in total. The molecule has 2 N–H and O–H groups in total. The highest BCUT2D eigenvalue weighted by Gasteiger charge is 2.42. The monoisotopic (exact) mass is 288 g/mol. The summed E-state index contributed by atoms with van der Waals surface area (Å²) in [6, 6.07) is 11.0. The number of rotatable bonds is 5. The van der Waals surface area contributed by atoms with Crippen molar-refractivity contribution in [3.63, 3.8) is 0 Å². The lowest BCUT2D eigenvalue weighted by Gasteiger charge is -2.52. The molecule has 0 amide bonds. The van der Waals surface area contributed by atoms with Gasteiger partial charge in [-0.25, -0.2) is 0 Å². The first-order valence-electron chi connectivity index (χ1n) is 8.44. The largest absolute Gasteiger partial charge is 0.329 e. The summed E-state index contributed by atoms with van der Waals surface area (Å²) in [5.41, 5.74) is 8.14. The van der Waals surface area contributed by atoms with Crippen LogP contribution in [0.1, 0.15) is 64.4 Å². The van der Waals surface area contributed by atoms with Gasteiger partial charge in [0, 0.05) is 17.6 Å². The molecule has 0 bridgehead atoms. The fourth-order valence-electron chi connectivity index (χ4n) is 3.77. The van der Waals surface area contributed by atoms with E-state index in [0.717, 1.165) is 13.0 Å². The Kier molecular flexibility index (Phi) is 5.11. The average molecular weight is 288 g/mol. The van der Waals surface area contributed by atoms with E-state index >= 15 is 0 Å². The van der Waals surface area contributed by atoms with Gasteiger partial charge in [-0.05, 0) is 64.5 Å². The third-order valence-electron chi connectivity index (χ3n) is 6.05. The molecule has 2 heteroatoms. The van der Waals surface area contributed by atoms with Gasteiger partial charge in [0.1, 0.15) is 0 Å². The Morgan fingerprint density at radius 2 is 1.76 bits per heavy atom. The van der Waals surface area contributed by atoms with E-state index in [1.807, 2.05) is 0 Å². The summed E-state index contributed by atoms with van der Waals surface area (Å²) in [7, 11) is 2.28. The minimum Gasteiger partial charge on any atom is -0.329 e. The maximum Gasteiger partial charge on any atom is 0.0334 e. The summed E-state index contributed by atoms with van der Waals surface area (Å²) in [6.45, 7) is 7.73. The van der Waals surface area contributed by atoms with Gasteiger partial charge in [-0.15, -0.1) is 0 Å². The quantitative estimate of drug-likeness (QED) is 0.881. The molecule has 118 valence electrons. The Bertz CT molecular complexity index is 430. The maximum atomic E-state index is 6.23. The van der Waals surface area contributed by atoms with E-state index in [1.165, 1.54) is 31.2 Å². The van der Waals surface area contributed by atoms with Crippen LogP contribution in [0.25, 0.3) is 0 Å². The van der Waals surface area contributed by atoms with Gasteiger partial charge in [0.05, 0.1) is 0 Å². The molecule has 1 fully saturated rings. The molecule has 0 spiro atoms. The fourth-order valence-corrected chi connectivity index (χ4v) is 3.77. The summed E-state index contributed by atoms with van der Waals surface area (Å²) in [5, 5.41) is 0. The van der Waals surface area contributed by atoms with E-state index < -0.39 is 0 Å². The van der Waals surface area contributed by atoms with Gasteiger partial charge in [-0.1, -0.05) is 37.3 Å². The SMILES string of the molecule is CCC(C)(C)N(C)C1(CN)CCC(c2ccccc2)CC1. The minimum absolute atomic E-state index is 0.185. The van der Waals surface area contributed by atoms with E-state index in [1.54, 1.807) is 0 Å². The normalized spacial score (nSPS) is 27.0. The van der Waals surface area contributed by atoms with Crippen LogP contribution < -0.4 is 5.73 Å². The first kappa shape index (κ1) is 16.5. The van der Waals surface area contributed by atoms with Crippen LogP contribution in [0, 0.1) is 0 Å². The zero-order chi connectivity index (χ0) is 15.5. The Balaban J connectivity index is 2.09. The molecule has 1 aliphatic rings. The molecule has 1 aromatic carbocycles. The summed E-state index contributed by atoms with van der Waals surface area (Å²) in [5.74, 6) is 0.712. The molecule has 1 aromatic rings. The number of hydrogen-bond acceptors (Lipinski definition) is 2. The molecule has 0 unspecified atom stereocenters. The summed E-state index contributed by atoms with van der Waals surface area (Å²) < 4.78 is 0. The van der Waals surface area contributed by atoms with Gasteiger partial charge < -0.3 is 5.73 Å². The van der Waals surface area contributed by atoms with Crippen LogP contribution in [0.15, 0.2) is 30.3 Å². The number of hydrogen-bond donors (Lipinski definition) is 1. The van der Waals surface area contributed by atoms with Crippen molar-refractivity contribution in [1.82, 2.24) is 4.90 Å². The van der Waals surface area contributed by atoms with Gasteiger partial charge in [-0.3, -0.25) is 4.90 Å². The van der Waals surface area contributed by atoms with Crippen LogP contribution in [-0.4, -0.2) is 29.6 Å². The van der Waals surface area contributed by atoms with E-state index in [9.17, 15) is 0 Å². The van der Waals surface area contributed by atoms with E-state index in [0.29, 0.717) is 5.92 Å². The van der Waals surface area contributed by atoms with Crippen LogP contribution in [-0.2, 0) is 0 Å². The Morgan fingerprint density at radius 3 is 2.24 bits per heavy atom. The van der Waals surface area contributed by atoms with E-state index in [2.05, 4.69) is 63.1 Å². The highest BCUT2D eigenvalue weighted by molar-refractivity contribution is 5.21. The summed E-state index contributed by atoms with van der Waals surface area (Å²) >= 11 is 0. The lowest BCUT2D eigenvalue weighted by atomic mass is 9.72. The fraction of sp³-hybridized carbons (Fsp3) is 0.684. The molecule has 2 rings (SSSR count). The Morgan fingerprint density at radius 1 is 1.19 bits per heavy atom. The maximum absolute atomic E-state index is 6.23. The molecule has 1 saturated carbocycles. The third kappa shape index (κ3) is 3.32. The first-order chi connectivity index (χ1) is 9.95. The van der Waals surface area contributed by atoms with Crippen molar-refractivity contribution in [3.05, 3.63) is 35.9 Å². The molecule has 0 radical (unpaired) electrons. The molecule has 21 heavy (non-hydrogen) atoms. The zero-order valence-electron chi connectivity index (χ0n) is 14.2. The number of nitrogens with zero attached hydrogens (tertiary/aromatic N) is 1. The summed E-state index contributed by atoms with van der Waals surface area (Å²) in [6.07, 6.45) is 6.09. The number of benzene rings is 1. The molecule has 0 aliphatic heterocycles. The molecular weight excluding hydrogens is 256 g/mol. The van der Waals surface area contributed by atoms with Gasteiger partial charge in [0.15, 0.2) is 0 Å². The predicted molar refractivity (Wildman–Crippen MR) is 91.6 cm³/mol. The van der Waals surface area contributed by atoms with E-state index in [4.69, 9.17) is 5.73 Å². The standard InChI is InChI=1S/C19H32N2/c1-5-18(2,3)21(4)19(15-20)13-11-17(12-14-19)16-9-7-6-8-10-16/h6-10,17H,5,11-15,20H2,1-4H3. The van der Waals surface area contributed by atoms with Crippen molar-refractivity contribution in [2.45, 2.75) is 69.9 Å². The lowest BCUT2D eigenvalue weighted by Crippen LogP contribution is -2.60. The number of likely N-dealkylation sites (N-methyl/N-ethyl adjacent to an activating group) is 1. The van der Waals surface area contributed by atoms with Gasteiger partial charge in [0.2, 0.25) is 0 Å². The van der Waals surface area contributed by atoms with Crippen molar-refractivity contribution in [3.8, 4) is 0 Å². The van der Waals surface area contributed by atoms with Gasteiger partial charge in [-0.2, -0.15) is 0 Å². The Labute approximate surface area is 130 Å². The van der Waals surface area contributed by atoms with Crippen molar-refractivity contribution in [2.24, 2.45) is 5.73 Å². The lowest BCUT2D eigenvalue weighted by molar-refractivity contribution is -0.00443. The highest BCUT2D eigenvalue weighted by atomic mass is 15.2. The number of nitrogens with two attached hydrogens (primary N) is 1. The van der Waals surface area contributed by atoms with E-state index in [-0.39, 0.29) is 11.1 Å². The topological polar surface area (TPSA) is 29.3 Å².